The van der Waals surface area contributed by atoms with Gasteiger partial charge in [0, 0.05) is 77.9 Å². The van der Waals surface area contributed by atoms with Gasteiger partial charge in [0.2, 0.25) is 0 Å². The van der Waals surface area contributed by atoms with Crippen molar-refractivity contribution < 1.29 is 77.9 Å². The SMILES string of the molecule is [Ag].[Co].[Cu].[Ti]. The Labute approximate surface area is 76.9 Å². The van der Waals surface area contributed by atoms with Crippen LogP contribution in [0.4, 0.5) is 0 Å². The van der Waals surface area contributed by atoms with Gasteiger partial charge in [0.05, 0.1) is 0 Å². The molecule has 0 amide bonds. The average Bonchev–Trinajstić information content (AvgIpc) is 0. The second-order valence-corrected chi connectivity index (χ2v) is 0. The maximum atomic E-state index is 0. The van der Waals surface area contributed by atoms with Crippen molar-refractivity contribution in [2.24, 2.45) is 0 Å². The molecule has 0 saturated carbocycles. The van der Waals surface area contributed by atoms with Crippen LogP contribution in [0.3, 0.4) is 0 Å². The van der Waals surface area contributed by atoms with Gasteiger partial charge in [0.15, 0.2) is 0 Å². The first-order valence-corrected chi connectivity index (χ1v) is 0. The van der Waals surface area contributed by atoms with E-state index in [0.29, 0.717) is 0 Å². The smallest absolute Gasteiger partial charge is 0 e. The number of hydrogen-bond donors (Lipinski definition) is 0. The first kappa shape index (κ1) is 31.6. The van der Waals surface area contributed by atoms with Crippen LogP contribution in [0.5, 0.6) is 0 Å². The summed E-state index contributed by atoms with van der Waals surface area (Å²) in [6.45, 7) is 0. The van der Waals surface area contributed by atoms with Gasteiger partial charge in [-0.05, 0) is 0 Å². The van der Waals surface area contributed by atoms with Gasteiger partial charge in [0.25, 0.3) is 0 Å². The fourth-order valence-corrected chi connectivity index (χ4v) is 0. The summed E-state index contributed by atoms with van der Waals surface area (Å²) in [6.07, 6.45) is 0. The predicted molar refractivity (Wildman–Crippen MR) is 0 cm³/mol. The Hall–Kier alpha value is 2.48. The van der Waals surface area contributed by atoms with E-state index in [2.05, 4.69) is 0 Å². The Morgan fingerprint density at radius 3 is 1.00 bits per heavy atom. The molecule has 0 spiro atoms. The van der Waals surface area contributed by atoms with E-state index in [4.69, 9.17) is 0 Å². The molecule has 3 radical (unpaired) electrons. The molecular weight excluding hydrogens is 278 g/mol. The summed E-state index contributed by atoms with van der Waals surface area (Å²) in [6, 6.07) is 0. The molecule has 0 nitrogen and oxygen atoms in total. The molecule has 0 fully saturated rings. The average molecular weight is 278 g/mol. The zero-order valence-corrected chi connectivity index (χ0v) is 6.46. The van der Waals surface area contributed by atoms with E-state index >= 15 is 0 Å². The minimum Gasteiger partial charge on any atom is 0 e. The standard InChI is InChI=1S/Ag.Co.Cu.Ti. The summed E-state index contributed by atoms with van der Waals surface area (Å²) >= 11 is 0. The van der Waals surface area contributed by atoms with Crippen LogP contribution in [-0.4, -0.2) is 0 Å². The maximum Gasteiger partial charge on any atom is 0 e. The molecule has 0 aliphatic heterocycles. The third kappa shape index (κ3) is 8.82. The molecule has 0 aromatic rings. The normalized spacial score (nSPS) is 0. The first-order valence-electron chi connectivity index (χ1n) is 0. The summed E-state index contributed by atoms with van der Waals surface area (Å²) in [5.41, 5.74) is 0. The molecule has 35 valence electrons. The van der Waals surface area contributed by atoms with E-state index in [1.165, 1.54) is 0 Å². The molecule has 0 saturated heterocycles. The molecule has 4 heteroatoms. The van der Waals surface area contributed by atoms with Gasteiger partial charge in [-0.3, -0.25) is 0 Å². The molecule has 0 aromatic heterocycles. The second kappa shape index (κ2) is 17.9. The first-order chi connectivity index (χ1) is 0. The molecule has 0 N–H and O–H groups in total. The van der Waals surface area contributed by atoms with E-state index in [1.807, 2.05) is 0 Å². The molecule has 0 aromatic carbocycles. The van der Waals surface area contributed by atoms with Crippen molar-refractivity contribution >= 4 is 0 Å². The van der Waals surface area contributed by atoms with Crippen LogP contribution in [0.1, 0.15) is 0 Å². The Morgan fingerprint density at radius 2 is 1.00 bits per heavy atom. The van der Waals surface area contributed by atoms with Crippen LogP contribution in [0.15, 0.2) is 0 Å². The third-order valence-electron chi connectivity index (χ3n) is 0. The van der Waals surface area contributed by atoms with E-state index in [0.717, 1.165) is 0 Å². The molecule has 0 bridgehead atoms. The largest absolute Gasteiger partial charge is 0 e. The molecular formula is AgCoCuTi. The molecule has 4 heavy (non-hydrogen) atoms. The summed E-state index contributed by atoms with van der Waals surface area (Å²) in [5.74, 6) is 0. The van der Waals surface area contributed by atoms with Crippen molar-refractivity contribution in [3.8, 4) is 0 Å². The zero-order chi connectivity index (χ0) is 0. The van der Waals surface area contributed by atoms with Crippen molar-refractivity contribution in [1.29, 1.82) is 0 Å². The molecule has 0 aliphatic carbocycles. The zero-order valence-electron chi connectivity index (χ0n) is 1.44. The molecule has 0 unspecified atom stereocenters. The van der Waals surface area contributed by atoms with Gasteiger partial charge in [-0.15, -0.1) is 0 Å². The van der Waals surface area contributed by atoms with E-state index < -0.39 is 0 Å². The van der Waals surface area contributed by atoms with Gasteiger partial charge < -0.3 is 0 Å². The molecule has 0 heterocycles. The minimum absolute atomic E-state index is 0. The second-order valence-electron chi connectivity index (χ2n) is 0. The Morgan fingerprint density at radius 1 is 1.00 bits per heavy atom. The van der Waals surface area contributed by atoms with Gasteiger partial charge in [-0.2, -0.15) is 0 Å². The van der Waals surface area contributed by atoms with Gasteiger partial charge in [-0.25, -0.2) is 0 Å². The summed E-state index contributed by atoms with van der Waals surface area (Å²) in [5, 5.41) is 0. The molecule has 0 aliphatic rings. The van der Waals surface area contributed by atoms with Crippen LogP contribution in [0.25, 0.3) is 0 Å². The predicted octanol–water partition coefficient (Wildman–Crippen LogP) is -0.0100. The van der Waals surface area contributed by atoms with Gasteiger partial charge in [-0.1, -0.05) is 0 Å². The Kier molecular flexibility index (Phi) is 141. The third-order valence-corrected chi connectivity index (χ3v) is 0. The minimum atomic E-state index is 0. The summed E-state index contributed by atoms with van der Waals surface area (Å²) in [4.78, 5) is 0. The van der Waals surface area contributed by atoms with Crippen LogP contribution in [0.2, 0.25) is 0 Å². The Bertz CT molecular complexity index is 8.00. The number of hydrogen-bond acceptors (Lipinski definition) is 0. The van der Waals surface area contributed by atoms with Crippen LogP contribution in [0, 0.1) is 0 Å². The van der Waals surface area contributed by atoms with E-state index in [-0.39, 0.29) is 77.9 Å². The van der Waals surface area contributed by atoms with Crippen molar-refractivity contribution in [2.45, 2.75) is 0 Å². The summed E-state index contributed by atoms with van der Waals surface area (Å²) < 4.78 is 0. The van der Waals surface area contributed by atoms with Gasteiger partial charge in [0.1, 0.15) is 0 Å². The quantitative estimate of drug-likeness (QED) is 0.547. The van der Waals surface area contributed by atoms with Crippen molar-refractivity contribution in [3.05, 3.63) is 0 Å². The van der Waals surface area contributed by atoms with Crippen molar-refractivity contribution in [2.75, 3.05) is 0 Å². The summed E-state index contributed by atoms with van der Waals surface area (Å²) in [7, 11) is 0. The van der Waals surface area contributed by atoms with Crippen LogP contribution in [-0.2, 0) is 77.9 Å². The topological polar surface area (TPSA) is 0 Å². The maximum absolute atomic E-state index is 0. The fraction of sp³-hybridized carbons (Fsp3) is 0. The van der Waals surface area contributed by atoms with E-state index in [1.54, 1.807) is 0 Å². The fourth-order valence-electron chi connectivity index (χ4n) is 0. The van der Waals surface area contributed by atoms with E-state index in [9.17, 15) is 0 Å². The monoisotopic (exact) mass is 277 g/mol. The van der Waals surface area contributed by atoms with Crippen LogP contribution >= 0.6 is 0 Å². The molecule has 0 atom stereocenters. The Balaban J connectivity index is 0. The van der Waals surface area contributed by atoms with Crippen molar-refractivity contribution in [1.82, 2.24) is 0 Å². The van der Waals surface area contributed by atoms with Gasteiger partial charge >= 0.3 is 0 Å². The molecule has 0 rings (SSSR count). The van der Waals surface area contributed by atoms with Crippen molar-refractivity contribution in [3.63, 3.8) is 0 Å². The number of rotatable bonds is 0. The van der Waals surface area contributed by atoms with Crippen LogP contribution < -0.4 is 0 Å².